The fourth-order valence-electron chi connectivity index (χ4n) is 1.23. The molecule has 0 aliphatic rings. The average molecular weight is 295 g/mol. The molecule has 1 aromatic carbocycles. The van der Waals surface area contributed by atoms with Crippen LogP contribution < -0.4 is 10.1 Å². The first kappa shape index (κ1) is 13.0. The molecule has 0 unspecified atom stereocenters. The number of benzene rings is 1. The third-order valence-electron chi connectivity index (χ3n) is 1.85. The molecule has 1 heterocycles. The van der Waals surface area contributed by atoms with Gasteiger partial charge >= 0.3 is 6.36 Å². The van der Waals surface area contributed by atoms with Crippen LogP contribution in [-0.4, -0.2) is 11.3 Å². The van der Waals surface area contributed by atoms with Crippen LogP contribution in [0.4, 0.5) is 23.9 Å². The Morgan fingerprint density at radius 1 is 1.28 bits per heavy atom. The summed E-state index contributed by atoms with van der Waals surface area (Å²) in [5.74, 6) is -0.311. The maximum absolute atomic E-state index is 12.2. The van der Waals surface area contributed by atoms with Crippen LogP contribution in [0.25, 0.3) is 0 Å². The summed E-state index contributed by atoms with van der Waals surface area (Å²) in [6.45, 7) is 0. The van der Waals surface area contributed by atoms with Gasteiger partial charge in [-0.1, -0.05) is 35.1 Å². The molecule has 0 bridgehead atoms. The largest absolute Gasteiger partial charge is 0.573 e. The van der Waals surface area contributed by atoms with Crippen molar-refractivity contribution in [2.75, 3.05) is 5.32 Å². The van der Waals surface area contributed by atoms with Crippen LogP contribution in [0.2, 0.25) is 4.47 Å². The highest BCUT2D eigenvalue weighted by molar-refractivity contribution is 7.19. The lowest BCUT2D eigenvalue weighted by molar-refractivity contribution is -0.274. The van der Waals surface area contributed by atoms with E-state index in [4.69, 9.17) is 11.6 Å². The van der Waals surface area contributed by atoms with E-state index in [2.05, 4.69) is 15.0 Å². The summed E-state index contributed by atoms with van der Waals surface area (Å²) in [6.07, 6.45) is -3.31. The minimum absolute atomic E-state index is 0.190. The van der Waals surface area contributed by atoms with Crippen molar-refractivity contribution >= 4 is 33.6 Å². The number of rotatable bonds is 3. The molecule has 0 aliphatic heterocycles. The van der Waals surface area contributed by atoms with Gasteiger partial charge < -0.3 is 10.1 Å². The fourth-order valence-corrected chi connectivity index (χ4v) is 2.08. The first-order valence-corrected chi connectivity index (χ1v) is 5.86. The van der Waals surface area contributed by atoms with E-state index in [9.17, 15) is 13.2 Å². The first-order chi connectivity index (χ1) is 8.44. The number of alkyl halides is 3. The molecule has 0 spiro atoms. The van der Waals surface area contributed by atoms with Crippen molar-refractivity contribution in [1.29, 1.82) is 0 Å². The van der Waals surface area contributed by atoms with Crippen LogP contribution in [0.3, 0.4) is 0 Å². The number of anilines is 2. The van der Waals surface area contributed by atoms with Gasteiger partial charge in [-0.25, -0.2) is 4.98 Å². The monoisotopic (exact) mass is 294 g/mol. The van der Waals surface area contributed by atoms with Crippen LogP contribution in [-0.2, 0) is 0 Å². The Bertz CT molecular complexity index is 544. The van der Waals surface area contributed by atoms with Gasteiger partial charge in [0, 0.05) is 0 Å². The lowest BCUT2D eigenvalue weighted by Crippen LogP contribution is -2.17. The van der Waals surface area contributed by atoms with E-state index in [0.29, 0.717) is 9.47 Å². The van der Waals surface area contributed by atoms with Crippen molar-refractivity contribution in [3.05, 3.63) is 34.9 Å². The summed E-state index contributed by atoms with van der Waals surface area (Å²) in [5, 5.41) is 3.29. The van der Waals surface area contributed by atoms with E-state index in [1.54, 1.807) is 6.07 Å². The standard InChI is InChI=1S/C10H6ClF3N2OS/c11-9-15-5-8(18-9)16-6-3-1-2-4-7(6)17-10(12,13)14/h1-5,16H. The quantitative estimate of drug-likeness (QED) is 0.909. The molecule has 3 nitrogen and oxygen atoms in total. The molecule has 18 heavy (non-hydrogen) atoms. The molecule has 2 rings (SSSR count). The SMILES string of the molecule is FC(F)(F)Oc1ccccc1Nc1cnc(Cl)s1. The smallest absolute Gasteiger partial charge is 0.404 e. The van der Waals surface area contributed by atoms with Crippen molar-refractivity contribution in [3.63, 3.8) is 0 Å². The zero-order valence-corrected chi connectivity index (χ0v) is 10.2. The van der Waals surface area contributed by atoms with E-state index < -0.39 is 6.36 Å². The lowest BCUT2D eigenvalue weighted by atomic mass is 10.3. The lowest BCUT2D eigenvalue weighted by Gasteiger charge is -2.13. The second-order valence-electron chi connectivity index (χ2n) is 3.15. The van der Waals surface area contributed by atoms with Gasteiger partial charge in [0.05, 0.1) is 11.9 Å². The maximum Gasteiger partial charge on any atom is 0.573 e. The highest BCUT2D eigenvalue weighted by atomic mass is 35.5. The van der Waals surface area contributed by atoms with E-state index in [1.807, 2.05) is 0 Å². The predicted octanol–water partition coefficient (Wildman–Crippen LogP) is 4.44. The molecule has 1 aromatic heterocycles. The summed E-state index contributed by atoms with van der Waals surface area (Å²) in [7, 11) is 0. The van der Waals surface area contributed by atoms with Crippen molar-refractivity contribution in [1.82, 2.24) is 4.98 Å². The summed E-state index contributed by atoms with van der Waals surface area (Å²) in [6, 6.07) is 5.73. The van der Waals surface area contributed by atoms with Crippen molar-refractivity contribution in [2.24, 2.45) is 0 Å². The summed E-state index contributed by atoms with van der Waals surface area (Å²) >= 11 is 6.74. The Kier molecular flexibility index (Phi) is 3.63. The molecular formula is C10H6ClF3N2OS. The molecular weight excluding hydrogens is 289 g/mol. The summed E-state index contributed by atoms with van der Waals surface area (Å²) in [5.41, 5.74) is 0.190. The van der Waals surface area contributed by atoms with Gasteiger partial charge in [0.15, 0.2) is 10.2 Å². The second kappa shape index (κ2) is 5.03. The Labute approximate surface area is 109 Å². The predicted molar refractivity (Wildman–Crippen MR) is 63.5 cm³/mol. The number of nitrogens with one attached hydrogen (secondary N) is 1. The Balaban J connectivity index is 2.22. The van der Waals surface area contributed by atoms with E-state index in [-0.39, 0.29) is 11.4 Å². The zero-order chi connectivity index (χ0) is 13.2. The average Bonchev–Trinajstić information content (AvgIpc) is 2.65. The summed E-state index contributed by atoms with van der Waals surface area (Å²) in [4.78, 5) is 3.78. The molecule has 1 N–H and O–H groups in total. The topological polar surface area (TPSA) is 34.1 Å². The fraction of sp³-hybridized carbons (Fsp3) is 0.100. The molecule has 0 saturated carbocycles. The third kappa shape index (κ3) is 3.51. The number of hydrogen-bond acceptors (Lipinski definition) is 4. The number of thiazole rings is 1. The van der Waals surface area contributed by atoms with Gasteiger partial charge in [-0.2, -0.15) is 0 Å². The van der Waals surface area contributed by atoms with Gasteiger partial charge in [0.2, 0.25) is 0 Å². The van der Waals surface area contributed by atoms with Gasteiger partial charge in [-0.15, -0.1) is 13.2 Å². The number of halogens is 4. The van der Waals surface area contributed by atoms with Crippen LogP contribution >= 0.6 is 22.9 Å². The number of ether oxygens (including phenoxy) is 1. The molecule has 96 valence electrons. The Hall–Kier alpha value is -1.47. The van der Waals surface area contributed by atoms with Crippen LogP contribution in [0.5, 0.6) is 5.75 Å². The molecule has 2 aromatic rings. The molecule has 0 fully saturated rings. The third-order valence-corrected chi connectivity index (χ3v) is 2.88. The highest BCUT2D eigenvalue weighted by Gasteiger charge is 2.32. The number of hydrogen-bond donors (Lipinski definition) is 1. The van der Waals surface area contributed by atoms with Gasteiger partial charge in [0.25, 0.3) is 0 Å². The molecule has 0 atom stereocenters. The van der Waals surface area contributed by atoms with Crippen LogP contribution in [0.1, 0.15) is 0 Å². The number of nitrogens with zero attached hydrogens (tertiary/aromatic N) is 1. The van der Waals surface area contributed by atoms with Crippen molar-refractivity contribution < 1.29 is 17.9 Å². The number of aromatic nitrogens is 1. The van der Waals surface area contributed by atoms with Crippen molar-refractivity contribution in [2.45, 2.75) is 6.36 Å². The molecule has 0 aliphatic carbocycles. The Morgan fingerprint density at radius 3 is 2.61 bits per heavy atom. The number of para-hydroxylation sites is 2. The molecule has 0 radical (unpaired) electrons. The van der Waals surface area contributed by atoms with Gasteiger partial charge in [0.1, 0.15) is 5.00 Å². The Morgan fingerprint density at radius 2 is 2.00 bits per heavy atom. The first-order valence-electron chi connectivity index (χ1n) is 4.67. The minimum Gasteiger partial charge on any atom is -0.404 e. The molecule has 0 amide bonds. The van der Waals surface area contributed by atoms with Crippen LogP contribution in [0, 0.1) is 0 Å². The highest BCUT2D eigenvalue weighted by Crippen LogP contribution is 2.34. The van der Waals surface area contributed by atoms with E-state index in [0.717, 1.165) is 11.3 Å². The van der Waals surface area contributed by atoms with Crippen molar-refractivity contribution in [3.8, 4) is 5.75 Å². The van der Waals surface area contributed by atoms with Gasteiger partial charge in [-0.3, -0.25) is 0 Å². The van der Waals surface area contributed by atoms with E-state index in [1.165, 1.54) is 24.4 Å². The van der Waals surface area contributed by atoms with Gasteiger partial charge in [-0.05, 0) is 12.1 Å². The maximum atomic E-state index is 12.2. The summed E-state index contributed by atoms with van der Waals surface area (Å²) < 4.78 is 40.7. The zero-order valence-electron chi connectivity index (χ0n) is 8.66. The van der Waals surface area contributed by atoms with Crippen LogP contribution in [0.15, 0.2) is 30.5 Å². The minimum atomic E-state index is -4.73. The molecule has 0 saturated heterocycles. The second-order valence-corrected chi connectivity index (χ2v) is 4.76. The van der Waals surface area contributed by atoms with E-state index >= 15 is 0 Å². The normalized spacial score (nSPS) is 11.3. The molecule has 8 heteroatoms.